The first kappa shape index (κ1) is 25.6. The normalized spacial score (nSPS) is 13.6. The highest BCUT2D eigenvalue weighted by Gasteiger charge is 2.19. The molecule has 0 fully saturated rings. The van der Waals surface area contributed by atoms with Crippen LogP contribution >= 0.6 is 35.3 Å². The first-order valence-corrected chi connectivity index (χ1v) is 10.9. The van der Waals surface area contributed by atoms with E-state index >= 15 is 0 Å². The lowest BCUT2D eigenvalue weighted by molar-refractivity contribution is 0.491. The molecule has 2 N–H and O–H groups in total. The van der Waals surface area contributed by atoms with Gasteiger partial charge in [0.05, 0.1) is 6.54 Å². The minimum atomic E-state index is -3.36. The topological polar surface area (TPSA) is 73.8 Å². The molecular weight excluding hydrogens is 483 g/mol. The Labute approximate surface area is 179 Å². The van der Waals surface area contributed by atoms with E-state index in [0.29, 0.717) is 16.8 Å². The second kappa shape index (κ2) is 12.1. The molecule has 9 heteroatoms. The molecule has 0 aliphatic rings. The van der Waals surface area contributed by atoms with Crippen LogP contribution in [-0.2, 0) is 16.6 Å². The Morgan fingerprint density at radius 3 is 2.42 bits per heavy atom. The average Bonchev–Trinajstić information content (AvgIpc) is 3.00. The van der Waals surface area contributed by atoms with Crippen molar-refractivity contribution in [1.82, 2.24) is 14.9 Å². The Bertz CT molecular complexity index is 657. The van der Waals surface area contributed by atoms with Crippen LogP contribution in [0.25, 0.3) is 0 Å². The summed E-state index contributed by atoms with van der Waals surface area (Å²) in [5.74, 6) is 1.47. The lowest BCUT2D eigenvalue weighted by atomic mass is 10.0. The summed E-state index contributed by atoms with van der Waals surface area (Å²) in [6.07, 6.45) is 3.53. The number of nitrogens with one attached hydrogen (secondary N) is 2. The van der Waals surface area contributed by atoms with Gasteiger partial charge in [-0.25, -0.2) is 12.7 Å². The van der Waals surface area contributed by atoms with Crippen LogP contribution in [-0.4, -0.2) is 45.9 Å². The summed E-state index contributed by atoms with van der Waals surface area (Å²) in [5, 5.41) is 6.63. The van der Waals surface area contributed by atoms with E-state index in [0.717, 1.165) is 23.2 Å². The predicted octanol–water partition coefficient (Wildman–Crippen LogP) is 3.50. The second-order valence-corrected chi connectivity index (χ2v) is 10.4. The summed E-state index contributed by atoms with van der Waals surface area (Å²) in [7, 11) is 1.47. The van der Waals surface area contributed by atoms with E-state index in [1.807, 2.05) is 6.07 Å². The van der Waals surface area contributed by atoms with Crippen molar-refractivity contribution in [3.63, 3.8) is 0 Å². The summed E-state index contributed by atoms with van der Waals surface area (Å²) in [4.78, 5) is 5.20. The van der Waals surface area contributed by atoms with E-state index in [2.05, 4.69) is 36.4 Å². The number of hydrogen-bond donors (Lipinski definition) is 2. The van der Waals surface area contributed by atoms with Crippen molar-refractivity contribution < 1.29 is 8.42 Å². The Morgan fingerprint density at radius 2 is 1.88 bits per heavy atom. The van der Waals surface area contributed by atoms with Gasteiger partial charge in [0.2, 0.25) is 0 Å². The molecule has 0 aromatic carbocycles. The molecule has 0 aliphatic heterocycles. The zero-order valence-corrected chi connectivity index (χ0v) is 20.5. The van der Waals surface area contributed by atoms with Crippen LogP contribution in [0.1, 0.15) is 44.9 Å². The van der Waals surface area contributed by atoms with Crippen LogP contribution in [0.15, 0.2) is 21.3 Å². The van der Waals surface area contributed by atoms with Gasteiger partial charge in [-0.2, -0.15) is 0 Å². The van der Waals surface area contributed by atoms with E-state index in [4.69, 9.17) is 0 Å². The third-order valence-electron chi connectivity index (χ3n) is 3.83. The van der Waals surface area contributed by atoms with Crippen molar-refractivity contribution in [1.29, 1.82) is 0 Å². The fourth-order valence-corrected chi connectivity index (χ4v) is 4.74. The van der Waals surface area contributed by atoms with Crippen molar-refractivity contribution >= 4 is 51.3 Å². The molecule has 26 heavy (non-hydrogen) atoms. The molecule has 0 bridgehead atoms. The number of hydrogen-bond acceptors (Lipinski definition) is 4. The molecule has 1 rings (SSSR count). The predicted molar refractivity (Wildman–Crippen MR) is 122 cm³/mol. The van der Waals surface area contributed by atoms with Crippen molar-refractivity contribution in [2.75, 3.05) is 21.1 Å². The molecule has 1 atom stereocenters. The van der Waals surface area contributed by atoms with Crippen molar-refractivity contribution in [2.24, 2.45) is 10.9 Å². The number of guanidine groups is 1. The monoisotopic (exact) mass is 516 g/mol. The quantitative estimate of drug-likeness (QED) is 0.300. The number of halogens is 1. The van der Waals surface area contributed by atoms with Gasteiger partial charge in [-0.05, 0) is 31.4 Å². The summed E-state index contributed by atoms with van der Waals surface area (Å²) in [6.45, 7) is 7.18. The van der Waals surface area contributed by atoms with E-state index in [1.54, 1.807) is 27.2 Å². The highest BCUT2D eigenvalue weighted by molar-refractivity contribution is 14.0. The Morgan fingerprint density at radius 1 is 1.23 bits per heavy atom. The van der Waals surface area contributed by atoms with Gasteiger partial charge in [-0.3, -0.25) is 4.99 Å². The summed E-state index contributed by atoms with van der Waals surface area (Å²) < 4.78 is 25.8. The Balaban J connectivity index is 0.00000625. The molecule has 1 aromatic heterocycles. The van der Waals surface area contributed by atoms with E-state index < -0.39 is 10.0 Å². The van der Waals surface area contributed by atoms with Crippen molar-refractivity contribution in [3.05, 3.63) is 17.0 Å². The fraction of sp³-hybridized carbons (Fsp3) is 0.706. The van der Waals surface area contributed by atoms with Gasteiger partial charge in [-0.15, -0.1) is 35.3 Å². The van der Waals surface area contributed by atoms with Gasteiger partial charge >= 0.3 is 0 Å². The van der Waals surface area contributed by atoms with Crippen LogP contribution in [0.2, 0.25) is 0 Å². The maximum atomic E-state index is 12.1. The molecule has 0 saturated heterocycles. The number of sulfonamides is 1. The maximum absolute atomic E-state index is 12.1. The first-order valence-electron chi connectivity index (χ1n) is 8.65. The minimum absolute atomic E-state index is 0. The van der Waals surface area contributed by atoms with Crippen LogP contribution in [0.3, 0.4) is 0 Å². The molecule has 0 aliphatic carbocycles. The van der Waals surface area contributed by atoms with E-state index in [9.17, 15) is 8.42 Å². The lowest BCUT2D eigenvalue weighted by Crippen LogP contribution is -2.41. The fourth-order valence-electron chi connectivity index (χ4n) is 2.28. The maximum Gasteiger partial charge on any atom is 0.252 e. The van der Waals surface area contributed by atoms with Crippen LogP contribution < -0.4 is 10.6 Å². The van der Waals surface area contributed by atoms with Gasteiger partial charge in [0.15, 0.2) is 5.96 Å². The third-order valence-corrected chi connectivity index (χ3v) is 7.20. The lowest BCUT2D eigenvalue weighted by Gasteiger charge is -2.18. The smallest absolute Gasteiger partial charge is 0.252 e. The molecule has 0 saturated carbocycles. The summed E-state index contributed by atoms with van der Waals surface area (Å²) in [5.41, 5.74) is 0. The molecular formula is C17H33IN4O2S2. The van der Waals surface area contributed by atoms with Crippen LogP contribution in [0.4, 0.5) is 0 Å². The highest BCUT2D eigenvalue weighted by atomic mass is 127. The molecule has 152 valence electrons. The number of rotatable bonds is 9. The molecule has 1 unspecified atom stereocenters. The number of nitrogens with zero attached hydrogens (tertiary/aromatic N) is 2. The van der Waals surface area contributed by atoms with Gasteiger partial charge in [-0.1, -0.05) is 26.7 Å². The number of thiophene rings is 1. The van der Waals surface area contributed by atoms with E-state index in [1.165, 1.54) is 28.5 Å². The molecule has 1 heterocycles. The van der Waals surface area contributed by atoms with E-state index in [-0.39, 0.29) is 24.0 Å². The molecule has 0 amide bonds. The summed E-state index contributed by atoms with van der Waals surface area (Å²) in [6, 6.07) is 3.84. The highest BCUT2D eigenvalue weighted by Crippen LogP contribution is 2.23. The average molecular weight is 517 g/mol. The van der Waals surface area contributed by atoms with Gasteiger partial charge < -0.3 is 10.6 Å². The molecule has 6 nitrogen and oxygen atoms in total. The molecule has 0 spiro atoms. The zero-order valence-electron chi connectivity index (χ0n) is 16.6. The summed E-state index contributed by atoms with van der Waals surface area (Å²) >= 11 is 1.28. The zero-order chi connectivity index (χ0) is 19.0. The number of aliphatic imine (C=N–C) groups is 1. The van der Waals surface area contributed by atoms with Crippen LogP contribution in [0, 0.1) is 5.92 Å². The standard InChI is InChI=1S/C17H32N4O2S2.HI/c1-13(2)8-7-9-14(3)20-17(18-4)19-12-15-10-11-16(24-15)25(22,23)21(5)6;/h10-11,13-14H,7-9,12H2,1-6H3,(H2,18,19,20);1H. The minimum Gasteiger partial charge on any atom is -0.354 e. The SMILES string of the molecule is CN=C(NCc1ccc(S(=O)(=O)N(C)C)s1)NC(C)CCCC(C)C.I. The Hall–Kier alpha value is -0.390. The first-order chi connectivity index (χ1) is 11.7. The van der Waals surface area contributed by atoms with Crippen molar-refractivity contribution in [2.45, 2.75) is 56.8 Å². The van der Waals surface area contributed by atoms with Crippen LogP contribution in [0.5, 0.6) is 0 Å². The van der Waals surface area contributed by atoms with Gasteiger partial charge in [0.25, 0.3) is 10.0 Å². The van der Waals surface area contributed by atoms with Gasteiger partial charge in [0, 0.05) is 32.1 Å². The second-order valence-electron chi connectivity index (χ2n) is 6.80. The third kappa shape index (κ3) is 8.53. The van der Waals surface area contributed by atoms with Gasteiger partial charge in [0.1, 0.15) is 4.21 Å². The molecule has 1 aromatic rings. The largest absolute Gasteiger partial charge is 0.354 e. The van der Waals surface area contributed by atoms with Crippen molar-refractivity contribution in [3.8, 4) is 0 Å². The Kier molecular flexibility index (Phi) is 12.0. The molecule has 0 radical (unpaired) electrons.